The zero-order valence-corrected chi connectivity index (χ0v) is 15.8. The van der Waals surface area contributed by atoms with Crippen LogP contribution in [0.1, 0.15) is 10.4 Å². The van der Waals surface area contributed by atoms with Crippen LogP contribution in [0.5, 0.6) is 0 Å². The lowest BCUT2D eigenvalue weighted by atomic mass is 10.2. The highest BCUT2D eigenvalue weighted by Crippen LogP contribution is 2.35. The second-order valence-electron chi connectivity index (χ2n) is 5.46. The van der Waals surface area contributed by atoms with Crippen LogP contribution in [0.25, 0.3) is 0 Å². The van der Waals surface area contributed by atoms with E-state index in [1.165, 1.54) is 18.2 Å². The van der Waals surface area contributed by atoms with Crippen molar-refractivity contribution in [1.82, 2.24) is 15.4 Å². The lowest BCUT2D eigenvalue weighted by molar-refractivity contribution is -0.383. The summed E-state index contributed by atoms with van der Waals surface area (Å²) in [5.74, 6) is -2.11. The van der Waals surface area contributed by atoms with Gasteiger partial charge in [-0.25, -0.2) is 14.4 Å². The van der Waals surface area contributed by atoms with E-state index in [4.69, 9.17) is 23.2 Å². The number of benzene rings is 2. The molecule has 0 bridgehead atoms. The van der Waals surface area contributed by atoms with E-state index in [-0.39, 0.29) is 32.9 Å². The van der Waals surface area contributed by atoms with Gasteiger partial charge in [-0.2, -0.15) is 0 Å². The number of hydrogen-bond donors (Lipinski definition) is 3. The van der Waals surface area contributed by atoms with E-state index in [1.807, 2.05) is 0 Å². The minimum atomic E-state index is -0.844. The third-order valence-corrected chi connectivity index (χ3v) is 4.44. The van der Waals surface area contributed by atoms with Gasteiger partial charge in [0.2, 0.25) is 11.6 Å². The van der Waals surface area contributed by atoms with E-state index in [2.05, 4.69) is 26.1 Å². The maximum absolute atomic E-state index is 13.7. The Hall–Kier alpha value is -3.50. The lowest BCUT2D eigenvalue weighted by Crippen LogP contribution is -2.31. The molecule has 3 rings (SSSR count). The molecule has 0 saturated carbocycles. The number of halogens is 3. The van der Waals surface area contributed by atoms with Gasteiger partial charge >= 0.3 is 5.69 Å². The standard InChI is InChI=1S/C17H11Cl2FN6O3/c18-10-5-3-7-12(13(10)19)23-15-14(26(28)29)16(22-8-21-15)24-25-17(27)9-4-1-2-6-11(9)20/h1-8H,(H,25,27)(H2,21,22,23,24). The molecule has 0 saturated heterocycles. The number of nitrogens with one attached hydrogen (secondary N) is 3. The SMILES string of the molecule is O=C(NNc1ncnc(Nc2cccc(Cl)c2Cl)c1[N+](=O)[O-])c1ccccc1F. The van der Waals surface area contributed by atoms with E-state index >= 15 is 0 Å². The van der Waals surface area contributed by atoms with E-state index in [0.29, 0.717) is 0 Å². The molecule has 0 aliphatic heterocycles. The highest BCUT2D eigenvalue weighted by Gasteiger charge is 2.24. The minimum Gasteiger partial charge on any atom is -0.333 e. The van der Waals surface area contributed by atoms with Crippen molar-refractivity contribution in [2.45, 2.75) is 0 Å². The predicted molar refractivity (Wildman–Crippen MR) is 106 cm³/mol. The Labute approximate surface area is 173 Å². The Kier molecular flexibility index (Phi) is 6.05. The second-order valence-corrected chi connectivity index (χ2v) is 6.25. The van der Waals surface area contributed by atoms with Gasteiger partial charge in [-0.05, 0) is 24.3 Å². The number of aromatic nitrogens is 2. The van der Waals surface area contributed by atoms with Crippen LogP contribution in [0.4, 0.5) is 27.4 Å². The zero-order chi connectivity index (χ0) is 21.0. The molecule has 0 aliphatic carbocycles. The Balaban J connectivity index is 1.87. The van der Waals surface area contributed by atoms with E-state index < -0.39 is 22.3 Å². The van der Waals surface area contributed by atoms with Crippen LogP contribution in [0.15, 0.2) is 48.8 Å². The first-order valence-corrected chi connectivity index (χ1v) is 8.65. The predicted octanol–water partition coefficient (Wildman–Crippen LogP) is 4.33. The quantitative estimate of drug-likeness (QED) is 0.388. The number of amides is 1. The van der Waals surface area contributed by atoms with Gasteiger partial charge < -0.3 is 5.32 Å². The van der Waals surface area contributed by atoms with Gasteiger partial charge in [0, 0.05) is 0 Å². The number of carbonyl (C=O) groups is 1. The normalized spacial score (nSPS) is 10.3. The molecule has 2 aromatic carbocycles. The summed E-state index contributed by atoms with van der Waals surface area (Å²) >= 11 is 12.0. The van der Waals surface area contributed by atoms with Crippen molar-refractivity contribution >= 4 is 52.1 Å². The molecule has 0 spiro atoms. The average Bonchev–Trinajstić information content (AvgIpc) is 2.70. The van der Waals surface area contributed by atoms with E-state index in [9.17, 15) is 19.3 Å². The monoisotopic (exact) mass is 436 g/mol. The van der Waals surface area contributed by atoms with Crippen LogP contribution in [-0.2, 0) is 0 Å². The summed E-state index contributed by atoms with van der Waals surface area (Å²) in [6.45, 7) is 0. The van der Waals surface area contributed by atoms with Crippen LogP contribution in [-0.4, -0.2) is 20.8 Å². The molecule has 12 heteroatoms. The average molecular weight is 437 g/mol. The minimum absolute atomic E-state index is 0.143. The fraction of sp³-hybridized carbons (Fsp3) is 0. The van der Waals surface area contributed by atoms with Crippen molar-refractivity contribution in [2.24, 2.45) is 0 Å². The van der Waals surface area contributed by atoms with Gasteiger partial charge in [-0.1, -0.05) is 41.4 Å². The number of hydrazine groups is 1. The molecule has 0 fully saturated rings. The second kappa shape index (κ2) is 8.67. The van der Waals surface area contributed by atoms with Gasteiger partial charge in [0.25, 0.3) is 5.91 Å². The zero-order valence-electron chi connectivity index (χ0n) is 14.3. The van der Waals surface area contributed by atoms with Crippen LogP contribution >= 0.6 is 23.2 Å². The number of hydrogen-bond acceptors (Lipinski definition) is 7. The highest BCUT2D eigenvalue weighted by atomic mass is 35.5. The van der Waals surface area contributed by atoms with Gasteiger partial charge in [0.1, 0.15) is 12.1 Å². The highest BCUT2D eigenvalue weighted by molar-refractivity contribution is 6.43. The third kappa shape index (κ3) is 4.50. The molecule has 3 N–H and O–H groups in total. The molecule has 29 heavy (non-hydrogen) atoms. The van der Waals surface area contributed by atoms with Crippen molar-refractivity contribution in [3.63, 3.8) is 0 Å². The Morgan fingerprint density at radius 1 is 1.07 bits per heavy atom. The van der Waals surface area contributed by atoms with Crippen molar-refractivity contribution in [3.05, 3.63) is 80.3 Å². The molecule has 148 valence electrons. The summed E-state index contributed by atoms with van der Waals surface area (Å²) in [5.41, 5.74) is 3.94. The van der Waals surface area contributed by atoms with Crippen LogP contribution in [0, 0.1) is 15.9 Å². The van der Waals surface area contributed by atoms with E-state index in [0.717, 1.165) is 12.4 Å². The summed E-state index contributed by atoms with van der Waals surface area (Å²) in [6, 6.07) is 9.96. The lowest BCUT2D eigenvalue weighted by Gasteiger charge is -2.12. The molecule has 1 amide bonds. The van der Waals surface area contributed by atoms with Gasteiger partial charge in [-0.3, -0.25) is 25.8 Å². The summed E-state index contributed by atoms with van der Waals surface area (Å²) in [6.07, 6.45) is 1.03. The molecule has 0 atom stereocenters. The number of nitro groups is 1. The maximum Gasteiger partial charge on any atom is 0.355 e. The summed E-state index contributed by atoms with van der Waals surface area (Å²) in [7, 11) is 0. The van der Waals surface area contributed by atoms with Gasteiger partial charge in [0.05, 0.1) is 26.2 Å². The molecule has 1 heterocycles. The Bertz CT molecular complexity index is 1100. The number of nitrogens with zero attached hydrogens (tertiary/aromatic N) is 3. The number of anilines is 3. The van der Waals surface area contributed by atoms with Crippen LogP contribution in [0.2, 0.25) is 10.0 Å². The first kappa shape index (κ1) is 20.2. The summed E-state index contributed by atoms with van der Waals surface area (Å²) in [4.78, 5) is 30.5. The molecule has 0 aliphatic rings. The molecular weight excluding hydrogens is 426 g/mol. The molecule has 9 nitrogen and oxygen atoms in total. The summed E-state index contributed by atoms with van der Waals surface area (Å²) < 4.78 is 13.7. The largest absolute Gasteiger partial charge is 0.355 e. The Morgan fingerprint density at radius 3 is 2.52 bits per heavy atom. The first-order valence-electron chi connectivity index (χ1n) is 7.89. The number of carbonyl (C=O) groups excluding carboxylic acids is 1. The molecule has 0 unspecified atom stereocenters. The molecule has 1 aromatic heterocycles. The van der Waals surface area contributed by atoms with Crippen molar-refractivity contribution in [1.29, 1.82) is 0 Å². The molecule has 0 radical (unpaired) electrons. The number of rotatable bonds is 6. The van der Waals surface area contributed by atoms with Crippen molar-refractivity contribution < 1.29 is 14.1 Å². The maximum atomic E-state index is 13.7. The van der Waals surface area contributed by atoms with Crippen molar-refractivity contribution in [3.8, 4) is 0 Å². The van der Waals surface area contributed by atoms with Gasteiger partial charge in [-0.15, -0.1) is 0 Å². The fourth-order valence-corrected chi connectivity index (χ4v) is 2.64. The van der Waals surface area contributed by atoms with Crippen LogP contribution in [0.3, 0.4) is 0 Å². The topological polar surface area (TPSA) is 122 Å². The van der Waals surface area contributed by atoms with Gasteiger partial charge in [0.15, 0.2) is 0 Å². The van der Waals surface area contributed by atoms with Crippen LogP contribution < -0.4 is 16.2 Å². The fourth-order valence-electron chi connectivity index (χ4n) is 2.29. The van der Waals surface area contributed by atoms with E-state index in [1.54, 1.807) is 18.2 Å². The molecular formula is C17H11Cl2FN6O3. The Morgan fingerprint density at radius 2 is 1.79 bits per heavy atom. The first-order chi connectivity index (χ1) is 13.9. The molecule has 3 aromatic rings. The van der Waals surface area contributed by atoms with Crippen molar-refractivity contribution in [2.75, 3.05) is 10.7 Å². The summed E-state index contributed by atoms with van der Waals surface area (Å²) in [5, 5.41) is 14.7. The smallest absolute Gasteiger partial charge is 0.333 e. The third-order valence-electron chi connectivity index (χ3n) is 3.62.